The van der Waals surface area contributed by atoms with E-state index in [9.17, 15) is 0 Å². The molecule has 3 aromatic rings. The van der Waals surface area contributed by atoms with Crippen molar-refractivity contribution in [1.82, 2.24) is 9.97 Å². The smallest absolute Gasteiger partial charge is 0.120 e. The monoisotopic (exact) mass is 242 g/mol. The number of fused-ring (bicyclic) bond motifs is 3. The lowest BCUT2D eigenvalue weighted by molar-refractivity contribution is 0.182. The first-order chi connectivity index (χ1) is 8.83. The van der Waals surface area contributed by atoms with Crippen LogP contribution in [-0.4, -0.2) is 24.2 Å². The third kappa shape index (κ3) is 1.62. The van der Waals surface area contributed by atoms with E-state index in [0.717, 1.165) is 27.9 Å². The van der Waals surface area contributed by atoms with Crippen LogP contribution < -0.4 is 4.74 Å². The van der Waals surface area contributed by atoms with Gasteiger partial charge in [-0.25, -0.2) is 0 Å². The zero-order chi connectivity index (χ0) is 12.5. The number of aromatic amines is 1. The van der Waals surface area contributed by atoms with Crippen LogP contribution in [-0.2, 0) is 11.3 Å². The second kappa shape index (κ2) is 4.31. The molecule has 4 nitrogen and oxygen atoms in total. The first kappa shape index (κ1) is 11.0. The number of hydrogen-bond acceptors (Lipinski definition) is 3. The Bertz CT molecular complexity index is 703. The average molecular weight is 242 g/mol. The summed E-state index contributed by atoms with van der Waals surface area (Å²) < 4.78 is 10.4. The molecular weight excluding hydrogens is 228 g/mol. The van der Waals surface area contributed by atoms with Gasteiger partial charge in [0.1, 0.15) is 5.75 Å². The Kier molecular flexibility index (Phi) is 2.64. The molecule has 0 saturated carbocycles. The molecule has 18 heavy (non-hydrogen) atoms. The molecule has 0 aliphatic heterocycles. The Morgan fingerprint density at radius 1 is 1.17 bits per heavy atom. The molecule has 0 fully saturated rings. The molecule has 0 radical (unpaired) electrons. The summed E-state index contributed by atoms with van der Waals surface area (Å²) in [6.07, 6.45) is 1.81. The van der Waals surface area contributed by atoms with Crippen molar-refractivity contribution < 1.29 is 9.47 Å². The number of pyridine rings is 1. The zero-order valence-corrected chi connectivity index (χ0v) is 10.4. The number of nitrogens with one attached hydrogen (secondary N) is 1. The molecule has 0 atom stereocenters. The van der Waals surface area contributed by atoms with Gasteiger partial charge in [-0.1, -0.05) is 0 Å². The van der Waals surface area contributed by atoms with Gasteiger partial charge in [-0.15, -0.1) is 0 Å². The van der Waals surface area contributed by atoms with Crippen LogP contribution in [0.4, 0.5) is 0 Å². The van der Waals surface area contributed by atoms with E-state index in [1.807, 2.05) is 24.4 Å². The summed E-state index contributed by atoms with van der Waals surface area (Å²) in [4.78, 5) is 7.73. The lowest BCUT2D eigenvalue weighted by Gasteiger charge is -1.99. The van der Waals surface area contributed by atoms with Gasteiger partial charge < -0.3 is 14.5 Å². The van der Waals surface area contributed by atoms with Crippen molar-refractivity contribution in [2.75, 3.05) is 14.2 Å². The predicted molar refractivity (Wildman–Crippen MR) is 70.9 cm³/mol. The van der Waals surface area contributed by atoms with Crippen LogP contribution in [0, 0.1) is 0 Å². The minimum Gasteiger partial charge on any atom is -0.497 e. The largest absolute Gasteiger partial charge is 0.497 e. The number of rotatable bonds is 3. The molecule has 0 amide bonds. The van der Waals surface area contributed by atoms with Gasteiger partial charge in [0, 0.05) is 30.1 Å². The fourth-order valence-electron chi connectivity index (χ4n) is 2.24. The minimum absolute atomic E-state index is 0.501. The Balaban J connectivity index is 2.31. The maximum atomic E-state index is 5.24. The van der Waals surface area contributed by atoms with Crippen molar-refractivity contribution in [2.24, 2.45) is 0 Å². The first-order valence-corrected chi connectivity index (χ1v) is 5.75. The molecule has 0 saturated heterocycles. The average Bonchev–Trinajstić information content (AvgIpc) is 2.78. The van der Waals surface area contributed by atoms with Crippen molar-refractivity contribution in [1.29, 1.82) is 0 Å². The third-order valence-corrected chi connectivity index (χ3v) is 3.09. The summed E-state index contributed by atoms with van der Waals surface area (Å²) in [5.74, 6) is 0.843. The SMILES string of the molecule is COCc1nccc2c1[nH]c1cc(OC)ccc12. The fourth-order valence-corrected chi connectivity index (χ4v) is 2.24. The van der Waals surface area contributed by atoms with Crippen LogP contribution >= 0.6 is 0 Å². The molecule has 3 rings (SSSR count). The zero-order valence-electron chi connectivity index (χ0n) is 10.4. The van der Waals surface area contributed by atoms with E-state index in [1.165, 1.54) is 5.39 Å². The van der Waals surface area contributed by atoms with Gasteiger partial charge in [0.05, 0.1) is 30.4 Å². The molecular formula is C14H14N2O2. The Morgan fingerprint density at radius 2 is 2.06 bits per heavy atom. The van der Waals surface area contributed by atoms with Crippen LogP contribution in [0.3, 0.4) is 0 Å². The molecule has 0 aliphatic carbocycles. The quantitative estimate of drug-likeness (QED) is 0.768. The van der Waals surface area contributed by atoms with E-state index in [4.69, 9.17) is 9.47 Å². The lowest BCUT2D eigenvalue weighted by atomic mass is 10.1. The summed E-state index contributed by atoms with van der Waals surface area (Å²) >= 11 is 0. The first-order valence-electron chi connectivity index (χ1n) is 5.75. The Morgan fingerprint density at radius 3 is 2.83 bits per heavy atom. The number of ether oxygens (including phenoxy) is 2. The number of methoxy groups -OCH3 is 2. The van der Waals surface area contributed by atoms with Gasteiger partial charge in [0.15, 0.2) is 0 Å². The van der Waals surface area contributed by atoms with Gasteiger partial charge >= 0.3 is 0 Å². The highest BCUT2D eigenvalue weighted by atomic mass is 16.5. The number of benzene rings is 1. The number of nitrogens with zero attached hydrogens (tertiary/aromatic N) is 1. The maximum absolute atomic E-state index is 5.24. The van der Waals surface area contributed by atoms with Gasteiger partial charge in [-0.2, -0.15) is 0 Å². The van der Waals surface area contributed by atoms with Gasteiger partial charge in [0.2, 0.25) is 0 Å². The molecule has 2 aromatic heterocycles. The fraction of sp³-hybridized carbons (Fsp3) is 0.214. The molecule has 0 spiro atoms. The maximum Gasteiger partial charge on any atom is 0.120 e. The van der Waals surface area contributed by atoms with Crippen molar-refractivity contribution in [2.45, 2.75) is 6.61 Å². The lowest BCUT2D eigenvalue weighted by Crippen LogP contribution is -1.92. The molecule has 0 aliphatic rings. The summed E-state index contributed by atoms with van der Waals surface area (Å²) in [5, 5.41) is 2.33. The van der Waals surface area contributed by atoms with Crippen LogP contribution in [0.25, 0.3) is 21.8 Å². The Labute approximate surface area is 105 Å². The number of aromatic nitrogens is 2. The third-order valence-electron chi connectivity index (χ3n) is 3.09. The second-order valence-corrected chi connectivity index (χ2v) is 4.15. The number of hydrogen-bond donors (Lipinski definition) is 1. The predicted octanol–water partition coefficient (Wildman–Crippen LogP) is 2.87. The van der Waals surface area contributed by atoms with Crippen molar-refractivity contribution >= 4 is 21.8 Å². The van der Waals surface area contributed by atoms with Crippen LogP contribution in [0.15, 0.2) is 30.5 Å². The molecule has 0 bridgehead atoms. The molecule has 4 heteroatoms. The van der Waals surface area contributed by atoms with E-state index in [-0.39, 0.29) is 0 Å². The molecule has 2 heterocycles. The van der Waals surface area contributed by atoms with Crippen LogP contribution in [0.2, 0.25) is 0 Å². The highest BCUT2D eigenvalue weighted by Crippen LogP contribution is 2.29. The highest BCUT2D eigenvalue weighted by molar-refractivity contribution is 6.08. The summed E-state index contributed by atoms with van der Waals surface area (Å²) in [5.41, 5.74) is 3.00. The minimum atomic E-state index is 0.501. The molecule has 1 N–H and O–H groups in total. The normalized spacial score (nSPS) is 11.2. The highest BCUT2D eigenvalue weighted by Gasteiger charge is 2.09. The van der Waals surface area contributed by atoms with E-state index >= 15 is 0 Å². The summed E-state index contributed by atoms with van der Waals surface area (Å²) in [7, 11) is 3.34. The van der Waals surface area contributed by atoms with Gasteiger partial charge in [-0.05, 0) is 18.2 Å². The van der Waals surface area contributed by atoms with E-state index < -0.39 is 0 Å². The topological polar surface area (TPSA) is 47.1 Å². The van der Waals surface area contributed by atoms with Gasteiger partial charge in [-0.3, -0.25) is 4.98 Å². The van der Waals surface area contributed by atoms with Crippen LogP contribution in [0.5, 0.6) is 5.75 Å². The molecule has 0 unspecified atom stereocenters. The van der Waals surface area contributed by atoms with Crippen LogP contribution in [0.1, 0.15) is 5.69 Å². The van der Waals surface area contributed by atoms with Crippen molar-refractivity contribution in [3.05, 3.63) is 36.2 Å². The van der Waals surface area contributed by atoms with E-state index in [2.05, 4.69) is 16.0 Å². The van der Waals surface area contributed by atoms with E-state index in [0.29, 0.717) is 6.61 Å². The van der Waals surface area contributed by atoms with Crippen molar-refractivity contribution in [3.8, 4) is 5.75 Å². The molecule has 1 aromatic carbocycles. The summed E-state index contributed by atoms with van der Waals surface area (Å²) in [6.45, 7) is 0.501. The second-order valence-electron chi connectivity index (χ2n) is 4.15. The van der Waals surface area contributed by atoms with Crippen molar-refractivity contribution in [3.63, 3.8) is 0 Å². The summed E-state index contributed by atoms with van der Waals surface area (Å²) in [6, 6.07) is 8.03. The Hall–Kier alpha value is -2.07. The van der Waals surface area contributed by atoms with E-state index in [1.54, 1.807) is 14.2 Å². The number of H-pyrrole nitrogens is 1. The molecule has 92 valence electrons. The standard InChI is InChI=1S/C14H14N2O2/c1-17-8-13-14-11(5-6-15-13)10-4-3-9(18-2)7-12(10)16-14/h3-7,16H,8H2,1-2H3. The van der Waals surface area contributed by atoms with Gasteiger partial charge in [0.25, 0.3) is 0 Å².